The molecule has 0 saturated heterocycles. The van der Waals surface area contributed by atoms with Gasteiger partial charge in [0.2, 0.25) is 11.0 Å². The number of carbonyl (C=O) groups excluding carboxylic acids is 1. The van der Waals surface area contributed by atoms with Gasteiger partial charge < -0.3 is 0 Å². The Kier molecular flexibility index (Phi) is 5.67. The standard InChI is InChI=1S/C17H19N5O2S2/c1-10(2)16-20-21-17(26-16)19-14(23)9-25-8-12-7-15(24)22-11(3)5-4-6-13(22)18-12/h4-7,10H,8-9H2,1-3H3,(H,19,21,23). The Balaban J connectivity index is 1.58. The van der Waals surface area contributed by atoms with E-state index in [1.807, 2.05) is 32.9 Å². The molecular formula is C17H19N5O2S2. The van der Waals surface area contributed by atoms with Crippen LogP contribution in [0.1, 0.15) is 36.2 Å². The minimum absolute atomic E-state index is 0.108. The molecule has 0 atom stereocenters. The summed E-state index contributed by atoms with van der Waals surface area (Å²) in [5.74, 6) is 0.885. The zero-order chi connectivity index (χ0) is 18.7. The van der Waals surface area contributed by atoms with E-state index in [-0.39, 0.29) is 23.1 Å². The Hall–Kier alpha value is -2.26. The van der Waals surface area contributed by atoms with E-state index >= 15 is 0 Å². The third kappa shape index (κ3) is 4.28. The molecule has 1 N–H and O–H groups in total. The third-order valence-corrected chi connectivity index (χ3v) is 5.70. The summed E-state index contributed by atoms with van der Waals surface area (Å²) in [5.41, 5.74) is 2.02. The molecule has 0 unspecified atom stereocenters. The van der Waals surface area contributed by atoms with Crippen LogP contribution in [0.15, 0.2) is 29.1 Å². The molecule has 0 aromatic carbocycles. The maximum Gasteiger partial charge on any atom is 0.258 e. The van der Waals surface area contributed by atoms with Gasteiger partial charge in [0.25, 0.3) is 5.56 Å². The number of pyridine rings is 1. The highest BCUT2D eigenvalue weighted by molar-refractivity contribution is 7.99. The fraction of sp³-hybridized carbons (Fsp3) is 0.353. The largest absolute Gasteiger partial charge is 0.300 e. The summed E-state index contributed by atoms with van der Waals surface area (Å²) >= 11 is 2.79. The van der Waals surface area contributed by atoms with Gasteiger partial charge in [-0.05, 0) is 19.1 Å². The van der Waals surface area contributed by atoms with Gasteiger partial charge in [-0.15, -0.1) is 22.0 Å². The molecule has 0 bridgehead atoms. The zero-order valence-electron chi connectivity index (χ0n) is 14.7. The summed E-state index contributed by atoms with van der Waals surface area (Å²) in [6, 6.07) is 7.06. The number of amides is 1. The van der Waals surface area contributed by atoms with Gasteiger partial charge >= 0.3 is 0 Å². The van der Waals surface area contributed by atoms with Crippen molar-refractivity contribution in [3.05, 3.63) is 51.0 Å². The lowest BCUT2D eigenvalue weighted by molar-refractivity contribution is -0.113. The van der Waals surface area contributed by atoms with Crippen molar-refractivity contribution in [1.82, 2.24) is 19.6 Å². The smallest absolute Gasteiger partial charge is 0.258 e. The van der Waals surface area contributed by atoms with Gasteiger partial charge in [0.05, 0.1) is 11.4 Å². The average molecular weight is 390 g/mol. The van der Waals surface area contributed by atoms with Crippen molar-refractivity contribution in [3.8, 4) is 0 Å². The van der Waals surface area contributed by atoms with Crippen LogP contribution in [0.5, 0.6) is 0 Å². The molecule has 0 aliphatic rings. The van der Waals surface area contributed by atoms with E-state index in [0.29, 0.717) is 22.2 Å². The lowest BCUT2D eigenvalue weighted by Crippen LogP contribution is -2.18. The van der Waals surface area contributed by atoms with Crippen LogP contribution in [-0.2, 0) is 10.5 Å². The summed E-state index contributed by atoms with van der Waals surface area (Å²) in [5, 5.41) is 12.2. The molecule has 3 aromatic rings. The van der Waals surface area contributed by atoms with Crippen molar-refractivity contribution in [2.24, 2.45) is 0 Å². The highest BCUT2D eigenvalue weighted by atomic mass is 32.2. The van der Waals surface area contributed by atoms with Gasteiger partial charge in [-0.2, -0.15) is 0 Å². The minimum Gasteiger partial charge on any atom is -0.300 e. The number of thioether (sulfide) groups is 1. The SMILES string of the molecule is Cc1cccc2nc(CSCC(=O)Nc3nnc(C(C)C)s3)cc(=O)n12. The Bertz CT molecular complexity index is 996. The monoisotopic (exact) mass is 389 g/mol. The van der Waals surface area contributed by atoms with Crippen molar-refractivity contribution >= 4 is 39.8 Å². The first-order valence-electron chi connectivity index (χ1n) is 8.13. The number of fused-ring (bicyclic) bond motifs is 1. The van der Waals surface area contributed by atoms with Crippen LogP contribution in [0.25, 0.3) is 5.65 Å². The third-order valence-electron chi connectivity index (χ3n) is 3.60. The van der Waals surface area contributed by atoms with Crippen LogP contribution in [0.4, 0.5) is 5.13 Å². The van der Waals surface area contributed by atoms with E-state index in [9.17, 15) is 9.59 Å². The second-order valence-corrected chi connectivity index (χ2v) is 8.08. The van der Waals surface area contributed by atoms with E-state index in [1.165, 1.54) is 29.2 Å². The van der Waals surface area contributed by atoms with Crippen molar-refractivity contribution in [3.63, 3.8) is 0 Å². The molecule has 0 aliphatic heterocycles. The van der Waals surface area contributed by atoms with Gasteiger partial charge in [-0.1, -0.05) is 31.3 Å². The highest BCUT2D eigenvalue weighted by Crippen LogP contribution is 2.22. The number of aromatic nitrogens is 4. The number of hydrogen-bond donors (Lipinski definition) is 1. The lowest BCUT2D eigenvalue weighted by Gasteiger charge is -2.06. The summed E-state index contributed by atoms with van der Waals surface area (Å²) in [6.45, 7) is 5.93. The zero-order valence-corrected chi connectivity index (χ0v) is 16.4. The van der Waals surface area contributed by atoms with Crippen LogP contribution in [0.2, 0.25) is 0 Å². The number of rotatable bonds is 6. The maximum atomic E-state index is 12.2. The van der Waals surface area contributed by atoms with E-state index in [4.69, 9.17) is 0 Å². The first-order chi connectivity index (χ1) is 12.4. The van der Waals surface area contributed by atoms with Crippen LogP contribution >= 0.6 is 23.1 Å². The minimum atomic E-state index is -0.144. The molecule has 26 heavy (non-hydrogen) atoms. The van der Waals surface area contributed by atoms with Crippen molar-refractivity contribution in [1.29, 1.82) is 0 Å². The Morgan fingerprint density at radius 3 is 2.88 bits per heavy atom. The summed E-state index contributed by atoms with van der Waals surface area (Å²) in [7, 11) is 0. The number of anilines is 1. The summed E-state index contributed by atoms with van der Waals surface area (Å²) < 4.78 is 1.57. The predicted octanol–water partition coefficient (Wildman–Crippen LogP) is 2.85. The van der Waals surface area contributed by atoms with Crippen LogP contribution in [0, 0.1) is 6.92 Å². The number of nitrogens with zero attached hydrogens (tertiary/aromatic N) is 4. The quantitative estimate of drug-likeness (QED) is 0.697. The number of hydrogen-bond acceptors (Lipinski definition) is 7. The van der Waals surface area contributed by atoms with Crippen molar-refractivity contribution in [2.75, 3.05) is 11.1 Å². The maximum absolute atomic E-state index is 12.2. The van der Waals surface area contributed by atoms with Crippen LogP contribution in [0.3, 0.4) is 0 Å². The predicted molar refractivity (Wildman–Crippen MR) is 105 cm³/mol. The van der Waals surface area contributed by atoms with Crippen LogP contribution < -0.4 is 10.9 Å². The molecule has 0 aliphatic carbocycles. The fourth-order valence-electron chi connectivity index (χ4n) is 2.36. The average Bonchev–Trinajstić information content (AvgIpc) is 3.03. The fourth-order valence-corrected chi connectivity index (χ4v) is 3.84. The van der Waals surface area contributed by atoms with E-state index in [1.54, 1.807) is 10.5 Å². The first-order valence-corrected chi connectivity index (χ1v) is 10.1. The number of aryl methyl sites for hydroxylation is 1. The molecule has 0 radical (unpaired) electrons. The van der Waals surface area contributed by atoms with Gasteiger partial charge in [0.1, 0.15) is 10.7 Å². The number of nitrogens with one attached hydrogen (secondary N) is 1. The summed E-state index contributed by atoms with van der Waals surface area (Å²) in [4.78, 5) is 28.8. The molecular weight excluding hydrogens is 370 g/mol. The summed E-state index contributed by atoms with van der Waals surface area (Å²) in [6.07, 6.45) is 0. The highest BCUT2D eigenvalue weighted by Gasteiger charge is 2.11. The molecule has 0 saturated carbocycles. The molecule has 3 aromatic heterocycles. The van der Waals surface area contributed by atoms with Gasteiger partial charge in [0.15, 0.2) is 0 Å². The molecule has 7 nitrogen and oxygen atoms in total. The molecule has 0 spiro atoms. The first kappa shape index (κ1) is 18.5. The van der Waals surface area contributed by atoms with Gasteiger partial charge in [-0.25, -0.2) is 4.98 Å². The number of carbonyl (C=O) groups is 1. The van der Waals surface area contributed by atoms with Gasteiger partial charge in [-0.3, -0.25) is 19.3 Å². The molecule has 3 heterocycles. The Labute approximate surface area is 158 Å². The normalized spacial score (nSPS) is 11.2. The molecule has 1 amide bonds. The Morgan fingerprint density at radius 1 is 1.35 bits per heavy atom. The van der Waals surface area contributed by atoms with E-state index in [0.717, 1.165) is 10.7 Å². The second-order valence-electron chi connectivity index (χ2n) is 6.09. The van der Waals surface area contributed by atoms with Crippen molar-refractivity contribution < 1.29 is 4.79 Å². The van der Waals surface area contributed by atoms with Crippen LogP contribution in [-0.4, -0.2) is 31.2 Å². The molecule has 9 heteroatoms. The topological polar surface area (TPSA) is 89.2 Å². The van der Waals surface area contributed by atoms with Crippen molar-refractivity contribution in [2.45, 2.75) is 32.4 Å². The van der Waals surface area contributed by atoms with Gasteiger partial charge in [0, 0.05) is 23.4 Å². The van der Waals surface area contributed by atoms with E-state index in [2.05, 4.69) is 20.5 Å². The molecule has 3 rings (SSSR count). The molecule has 136 valence electrons. The Morgan fingerprint density at radius 2 is 2.15 bits per heavy atom. The lowest BCUT2D eigenvalue weighted by atomic mass is 10.2. The van der Waals surface area contributed by atoms with E-state index < -0.39 is 0 Å². The molecule has 0 fully saturated rings. The second kappa shape index (κ2) is 7.96.